The van der Waals surface area contributed by atoms with Crippen molar-refractivity contribution in [3.63, 3.8) is 0 Å². The van der Waals surface area contributed by atoms with Crippen LogP contribution >= 0.6 is 0 Å². The zero-order chi connectivity index (χ0) is 14.1. The quantitative estimate of drug-likeness (QED) is 0.875. The van der Waals surface area contributed by atoms with Crippen LogP contribution in [0.25, 0.3) is 0 Å². The van der Waals surface area contributed by atoms with Crippen molar-refractivity contribution in [3.05, 3.63) is 18.0 Å². The molecule has 0 unspecified atom stereocenters. The van der Waals surface area contributed by atoms with Crippen molar-refractivity contribution < 1.29 is 14.7 Å². The van der Waals surface area contributed by atoms with Crippen LogP contribution in [0.5, 0.6) is 0 Å². The van der Waals surface area contributed by atoms with Crippen LogP contribution in [0.1, 0.15) is 54.9 Å². The Morgan fingerprint density at radius 1 is 1.20 bits per heavy atom. The van der Waals surface area contributed by atoms with E-state index in [9.17, 15) is 9.59 Å². The van der Waals surface area contributed by atoms with Gasteiger partial charge in [0.15, 0.2) is 0 Å². The first kappa shape index (κ1) is 13.1. The van der Waals surface area contributed by atoms with Gasteiger partial charge >= 0.3 is 5.97 Å². The van der Waals surface area contributed by atoms with Gasteiger partial charge in [-0.3, -0.25) is 14.3 Å². The average molecular weight is 277 g/mol. The van der Waals surface area contributed by atoms with Gasteiger partial charge in [-0.1, -0.05) is 0 Å². The average Bonchev–Trinajstić information content (AvgIpc) is 3.17. The first-order chi connectivity index (χ1) is 9.63. The lowest BCUT2D eigenvalue weighted by atomic mass is 9.86. The molecule has 0 bridgehead atoms. The van der Waals surface area contributed by atoms with E-state index in [4.69, 9.17) is 5.11 Å². The smallest absolute Gasteiger partial charge is 0.306 e. The maximum atomic E-state index is 12.1. The monoisotopic (exact) mass is 277 g/mol. The minimum Gasteiger partial charge on any atom is -0.481 e. The predicted molar refractivity (Wildman–Crippen MR) is 71.3 cm³/mol. The maximum absolute atomic E-state index is 12.1. The molecule has 0 atom stereocenters. The second-order valence-corrected chi connectivity index (χ2v) is 5.80. The molecule has 2 fully saturated rings. The van der Waals surface area contributed by atoms with E-state index >= 15 is 0 Å². The van der Waals surface area contributed by atoms with Crippen LogP contribution in [0.2, 0.25) is 0 Å². The number of amides is 1. The summed E-state index contributed by atoms with van der Waals surface area (Å²) in [5.41, 5.74) is 0.595. The summed E-state index contributed by atoms with van der Waals surface area (Å²) in [4.78, 5) is 23.0. The van der Waals surface area contributed by atoms with Gasteiger partial charge < -0.3 is 10.4 Å². The molecule has 2 aliphatic rings. The largest absolute Gasteiger partial charge is 0.481 e. The Labute approximate surface area is 117 Å². The first-order valence-electron chi connectivity index (χ1n) is 7.21. The molecule has 108 valence electrons. The molecule has 0 spiro atoms. The van der Waals surface area contributed by atoms with Crippen molar-refractivity contribution in [2.45, 2.75) is 50.6 Å². The van der Waals surface area contributed by atoms with Crippen molar-refractivity contribution in [1.29, 1.82) is 0 Å². The number of carboxylic acids is 1. The summed E-state index contributed by atoms with van der Waals surface area (Å²) in [6.07, 6.45) is 8.44. The fourth-order valence-electron chi connectivity index (χ4n) is 2.75. The van der Waals surface area contributed by atoms with Crippen LogP contribution in [-0.2, 0) is 4.79 Å². The number of carbonyl (C=O) groups excluding carboxylic acids is 1. The van der Waals surface area contributed by atoms with Crippen molar-refractivity contribution in [1.82, 2.24) is 15.1 Å². The third-order valence-corrected chi connectivity index (χ3v) is 4.20. The molecular formula is C14H19N3O3. The fourth-order valence-corrected chi connectivity index (χ4v) is 2.75. The Bertz CT molecular complexity index is 513. The van der Waals surface area contributed by atoms with Gasteiger partial charge in [0.05, 0.1) is 23.7 Å². The molecule has 0 radical (unpaired) electrons. The highest BCUT2D eigenvalue weighted by molar-refractivity contribution is 5.93. The first-order valence-corrected chi connectivity index (χ1v) is 7.21. The highest BCUT2D eigenvalue weighted by Gasteiger charge is 2.28. The molecule has 1 aromatic rings. The molecule has 6 nitrogen and oxygen atoms in total. The van der Waals surface area contributed by atoms with Gasteiger partial charge in [-0.25, -0.2) is 0 Å². The van der Waals surface area contributed by atoms with E-state index in [1.165, 1.54) is 0 Å². The Balaban J connectivity index is 1.52. The van der Waals surface area contributed by atoms with Gasteiger partial charge in [0.1, 0.15) is 0 Å². The molecule has 3 rings (SSSR count). The number of hydrogen-bond donors (Lipinski definition) is 2. The minimum absolute atomic E-state index is 0.0855. The molecule has 6 heteroatoms. The Morgan fingerprint density at radius 2 is 1.90 bits per heavy atom. The van der Waals surface area contributed by atoms with Gasteiger partial charge in [-0.2, -0.15) is 5.10 Å². The van der Waals surface area contributed by atoms with E-state index in [0.717, 1.165) is 25.7 Å². The second-order valence-electron chi connectivity index (χ2n) is 5.80. The summed E-state index contributed by atoms with van der Waals surface area (Å²) >= 11 is 0. The lowest BCUT2D eigenvalue weighted by Gasteiger charge is -2.26. The summed E-state index contributed by atoms with van der Waals surface area (Å²) in [6.45, 7) is 0. The fraction of sp³-hybridized carbons (Fsp3) is 0.643. The molecule has 20 heavy (non-hydrogen) atoms. The Hall–Kier alpha value is -1.85. The van der Waals surface area contributed by atoms with Crippen LogP contribution in [0.4, 0.5) is 0 Å². The summed E-state index contributed by atoms with van der Waals surface area (Å²) in [5.74, 6) is -1.07. The predicted octanol–water partition coefficient (Wildman–Crippen LogP) is 1.59. The molecule has 0 saturated heterocycles. The Kier molecular flexibility index (Phi) is 3.46. The van der Waals surface area contributed by atoms with Crippen molar-refractivity contribution in [3.8, 4) is 0 Å². The Morgan fingerprint density at radius 3 is 2.50 bits per heavy atom. The molecule has 2 N–H and O–H groups in total. The van der Waals surface area contributed by atoms with Gasteiger partial charge in [0.25, 0.3) is 5.91 Å². The number of nitrogens with one attached hydrogen (secondary N) is 1. The highest BCUT2D eigenvalue weighted by atomic mass is 16.4. The van der Waals surface area contributed by atoms with Crippen molar-refractivity contribution >= 4 is 11.9 Å². The molecule has 0 aromatic carbocycles. The number of aromatic nitrogens is 2. The summed E-state index contributed by atoms with van der Waals surface area (Å²) in [7, 11) is 0. The molecule has 1 aromatic heterocycles. The van der Waals surface area contributed by atoms with E-state index in [1.807, 2.05) is 4.68 Å². The number of rotatable bonds is 4. The minimum atomic E-state index is -0.722. The van der Waals surface area contributed by atoms with E-state index in [1.54, 1.807) is 12.4 Å². The number of hydrogen-bond acceptors (Lipinski definition) is 3. The standard InChI is InChI=1S/C14H19N3O3/c18-13(10-7-15-17(8-10)12-5-6-12)16-11-3-1-9(2-4-11)14(19)20/h7-9,11-12H,1-6H2,(H,16,18)(H,19,20). The van der Waals surface area contributed by atoms with Gasteiger partial charge in [-0.05, 0) is 38.5 Å². The maximum Gasteiger partial charge on any atom is 0.306 e. The van der Waals surface area contributed by atoms with Gasteiger partial charge in [-0.15, -0.1) is 0 Å². The van der Waals surface area contributed by atoms with E-state index in [0.29, 0.717) is 24.4 Å². The highest BCUT2D eigenvalue weighted by Crippen LogP contribution is 2.34. The van der Waals surface area contributed by atoms with Gasteiger partial charge in [0.2, 0.25) is 0 Å². The number of nitrogens with zero attached hydrogens (tertiary/aromatic N) is 2. The van der Waals surface area contributed by atoms with Crippen LogP contribution < -0.4 is 5.32 Å². The van der Waals surface area contributed by atoms with Crippen LogP contribution in [-0.4, -0.2) is 32.8 Å². The number of aliphatic carboxylic acids is 1. The molecule has 1 heterocycles. The normalized spacial score (nSPS) is 26.2. The summed E-state index contributed by atoms with van der Waals surface area (Å²) < 4.78 is 1.86. The lowest BCUT2D eigenvalue weighted by molar-refractivity contribution is -0.142. The molecule has 2 saturated carbocycles. The summed E-state index contributed by atoms with van der Waals surface area (Å²) in [6, 6.07) is 0.560. The van der Waals surface area contributed by atoms with Crippen LogP contribution in [0.15, 0.2) is 12.4 Å². The van der Waals surface area contributed by atoms with Crippen LogP contribution in [0, 0.1) is 5.92 Å². The molecule has 0 aliphatic heterocycles. The SMILES string of the molecule is O=C(NC1CCC(C(=O)O)CC1)c1cnn(C2CC2)c1. The third kappa shape index (κ3) is 2.84. The van der Waals surface area contributed by atoms with Crippen molar-refractivity contribution in [2.75, 3.05) is 0 Å². The zero-order valence-corrected chi connectivity index (χ0v) is 11.3. The zero-order valence-electron chi connectivity index (χ0n) is 11.3. The van der Waals surface area contributed by atoms with Crippen molar-refractivity contribution in [2.24, 2.45) is 5.92 Å². The van der Waals surface area contributed by atoms with E-state index < -0.39 is 5.97 Å². The third-order valence-electron chi connectivity index (χ3n) is 4.20. The van der Waals surface area contributed by atoms with E-state index in [2.05, 4.69) is 10.4 Å². The summed E-state index contributed by atoms with van der Waals surface area (Å²) in [5, 5.41) is 16.1. The lowest BCUT2D eigenvalue weighted by Crippen LogP contribution is -2.38. The molecule has 2 aliphatic carbocycles. The van der Waals surface area contributed by atoms with Crippen LogP contribution in [0.3, 0.4) is 0 Å². The molecule has 1 amide bonds. The number of carboxylic acid groups (broad SMARTS) is 1. The second kappa shape index (κ2) is 5.26. The van der Waals surface area contributed by atoms with Gasteiger partial charge in [0, 0.05) is 12.2 Å². The molecular weight excluding hydrogens is 258 g/mol. The topological polar surface area (TPSA) is 84.2 Å². The number of carbonyl (C=O) groups is 2. The van der Waals surface area contributed by atoms with E-state index in [-0.39, 0.29) is 17.9 Å².